The summed E-state index contributed by atoms with van der Waals surface area (Å²) in [6.45, 7) is 3.58. The van der Waals surface area contributed by atoms with Gasteiger partial charge in [0.05, 0.1) is 11.4 Å². The van der Waals surface area contributed by atoms with Gasteiger partial charge >= 0.3 is 0 Å². The Bertz CT molecular complexity index is 1040. The van der Waals surface area contributed by atoms with E-state index in [-0.39, 0.29) is 23.9 Å². The van der Waals surface area contributed by atoms with Gasteiger partial charge in [-0.25, -0.2) is 8.42 Å². The van der Waals surface area contributed by atoms with Crippen LogP contribution in [0.4, 0.5) is 11.4 Å². The summed E-state index contributed by atoms with van der Waals surface area (Å²) in [4.78, 5) is 23.5. The molecule has 30 heavy (non-hydrogen) atoms. The summed E-state index contributed by atoms with van der Waals surface area (Å²) in [6.07, 6.45) is 0. The minimum atomic E-state index is -3.90. The maximum Gasteiger partial charge on any atom is 0.243 e. The Morgan fingerprint density at radius 2 is 1.57 bits per heavy atom. The van der Waals surface area contributed by atoms with Crippen molar-refractivity contribution in [2.24, 2.45) is 0 Å². The molecule has 0 unspecified atom stereocenters. The van der Waals surface area contributed by atoms with E-state index >= 15 is 0 Å². The second-order valence-electron chi connectivity index (χ2n) is 6.54. The Morgan fingerprint density at radius 1 is 0.967 bits per heavy atom. The van der Waals surface area contributed by atoms with Crippen LogP contribution < -0.4 is 20.1 Å². The maximum absolute atomic E-state index is 13.0. The van der Waals surface area contributed by atoms with Crippen molar-refractivity contribution in [3.8, 4) is 11.5 Å². The predicted octanol–water partition coefficient (Wildman–Crippen LogP) is 2.07. The molecule has 160 valence electrons. The first-order valence-corrected chi connectivity index (χ1v) is 10.8. The van der Waals surface area contributed by atoms with Crippen molar-refractivity contribution in [3.63, 3.8) is 0 Å². The largest absolute Gasteiger partial charge is 0.486 e. The van der Waals surface area contributed by atoms with Crippen molar-refractivity contribution in [1.82, 2.24) is 4.31 Å². The van der Waals surface area contributed by atoms with Gasteiger partial charge in [-0.1, -0.05) is 6.92 Å². The summed E-state index contributed by atoms with van der Waals surface area (Å²) < 4.78 is 37.9. The van der Waals surface area contributed by atoms with E-state index in [1.165, 1.54) is 19.1 Å². The molecular weight excluding hydrogens is 410 g/mol. The Kier molecular flexibility index (Phi) is 6.58. The van der Waals surface area contributed by atoms with Gasteiger partial charge in [-0.05, 0) is 36.4 Å². The number of hydrogen-bond donors (Lipinski definition) is 2. The van der Waals surface area contributed by atoms with Crippen molar-refractivity contribution in [2.45, 2.75) is 18.7 Å². The highest BCUT2D eigenvalue weighted by atomic mass is 32.2. The summed E-state index contributed by atoms with van der Waals surface area (Å²) in [5, 5.41) is 5.29. The normalized spacial score (nSPS) is 13.0. The number of fused-ring (bicyclic) bond motifs is 1. The zero-order chi connectivity index (χ0) is 21.7. The van der Waals surface area contributed by atoms with E-state index in [0.29, 0.717) is 36.1 Å². The highest BCUT2D eigenvalue weighted by molar-refractivity contribution is 7.89. The lowest BCUT2D eigenvalue weighted by Crippen LogP contribution is -2.37. The van der Waals surface area contributed by atoms with Crippen molar-refractivity contribution in [2.75, 3.05) is 36.9 Å². The van der Waals surface area contributed by atoms with Crippen LogP contribution in [0.1, 0.15) is 13.8 Å². The van der Waals surface area contributed by atoms with Crippen LogP contribution in [-0.4, -0.2) is 50.8 Å². The number of sulfonamides is 1. The molecule has 2 aromatic carbocycles. The van der Waals surface area contributed by atoms with Crippen LogP contribution in [0.5, 0.6) is 11.5 Å². The van der Waals surface area contributed by atoms with Crippen LogP contribution in [0.15, 0.2) is 47.4 Å². The number of anilines is 2. The third-order valence-electron chi connectivity index (χ3n) is 4.31. The van der Waals surface area contributed by atoms with Gasteiger partial charge in [-0.3, -0.25) is 9.59 Å². The van der Waals surface area contributed by atoms with Crippen LogP contribution in [0.2, 0.25) is 0 Å². The van der Waals surface area contributed by atoms with Crippen LogP contribution in [-0.2, 0) is 19.6 Å². The first kappa shape index (κ1) is 21.6. The third kappa shape index (κ3) is 5.08. The molecule has 0 bridgehead atoms. The lowest BCUT2D eigenvalue weighted by Gasteiger charge is -2.22. The summed E-state index contributed by atoms with van der Waals surface area (Å²) in [5.74, 6) is 0.172. The standard InChI is InChI=1S/C20H23N3O6S/c1-3-23(13-20(25)22-16-6-4-15(5-7-16)21-14(2)24)30(26,27)17-8-9-18-19(12-17)29-11-10-28-18/h4-9,12H,3,10-11,13H2,1-2H3,(H,21,24)(H,22,25). The summed E-state index contributed by atoms with van der Waals surface area (Å²) in [7, 11) is -3.90. The summed E-state index contributed by atoms with van der Waals surface area (Å²) in [6, 6.07) is 10.9. The van der Waals surface area contributed by atoms with E-state index in [9.17, 15) is 18.0 Å². The minimum absolute atomic E-state index is 0.0288. The lowest BCUT2D eigenvalue weighted by atomic mass is 10.2. The summed E-state index contributed by atoms with van der Waals surface area (Å²) in [5.41, 5.74) is 1.08. The van der Waals surface area contributed by atoms with E-state index in [2.05, 4.69) is 10.6 Å². The van der Waals surface area contributed by atoms with Gasteiger partial charge < -0.3 is 20.1 Å². The van der Waals surface area contributed by atoms with Gasteiger partial charge in [-0.2, -0.15) is 4.31 Å². The van der Waals surface area contributed by atoms with Crippen LogP contribution in [0.3, 0.4) is 0 Å². The summed E-state index contributed by atoms with van der Waals surface area (Å²) >= 11 is 0. The van der Waals surface area contributed by atoms with Crippen molar-refractivity contribution in [3.05, 3.63) is 42.5 Å². The number of carbonyl (C=O) groups excluding carboxylic acids is 2. The number of benzene rings is 2. The zero-order valence-electron chi connectivity index (χ0n) is 16.7. The Labute approximate surface area is 175 Å². The SMILES string of the molecule is CCN(CC(=O)Nc1ccc(NC(C)=O)cc1)S(=O)(=O)c1ccc2c(c1)OCCO2. The molecule has 2 amide bonds. The van der Waals surface area contributed by atoms with Gasteiger partial charge in [0.25, 0.3) is 0 Å². The number of likely N-dealkylation sites (N-methyl/N-ethyl adjacent to an activating group) is 1. The van der Waals surface area contributed by atoms with Crippen LogP contribution >= 0.6 is 0 Å². The van der Waals surface area contributed by atoms with E-state index in [1.54, 1.807) is 37.3 Å². The second-order valence-corrected chi connectivity index (χ2v) is 8.48. The van der Waals surface area contributed by atoms with Gasteiger partial charge in [0.2, 0.25) is 21.8 Å². The molecule has 0 atom stereocenters. The molecule has 0 fully saturated rings. The molecule has 0 spiro atoms. The quantitative estimate of drug-likeness (QED) is 0.691. The number of nitrogens with zero attached hydrogens (tertiary/aromatic N) is 1. The predicted molar refractivity (Wildman–Crippen MR) is 111 cm³/mol. The number of carbonyl (C=O) groups is 2. The number of rotatable bonds is 7. The van der Waals surface area contributed by atoms with E-state index in [4.69, 9.17) is 9.47 Å². The number of hydrogen-bond acceptors (Lipinski definition) is 6. The monoisotopic (exact) mass is 433 g/mol. The van der Waals surface area contributed by atoms with Gasteiger partial charge in [-0.15, -0.1) is 0 Å². The molecule has 0 saturated carbocycles. The molecular formula is C20H23N3O6S. The molecule has 9 nitrogen and oxygen atoms in total. The van der Waals surface area contributed by atoms with Gasteiger partial charge in [0.15, 0.2) is 11.5 Å². The Balaban J connectivity index is 1.69. The molecule has 0 radical (unpaired) electrons. The minimum Gasteiger partial charge on any atom is -0.486 e. The highest BCUT2D eigenvalue weighted by Crippen LogP contribution is 2.33. The van der Waals surface area contributed by atoms with Crippen molar-refractivity contribution < 1.29 is 27.5 Å². The number of amides is 2. The topological polar surface area (TPSA) is 114 Å². The maximum atomic E-state index is 13.0. The first-order chi connectivity index (χ1) is 14.3. The third-order valence-corrected chi connectivity index (χ3v) is 6.23. The van der Waals surface area contributed by atoms with Gasteiger partial charge in [0.1, 0.15) is 13.2 Å². The van der Waals surface area contributed by atoms with E-state index in [1.807, 2.05) is 0 Å². The second kappa shape index (κ2) is 9.14. The average Bonchev–Trinajstić information content (AvgIpc) is 2.72. The van der Waals surface area contributed by atoms with Crippen LogP contribution in [0.25, 0.3) is 0 Å². The number of ether oxygens (including phenoxy) is 2. The highest BCUT2D eigenvalue weighted by Gasteiger charge is 2.27. The van der Waals surface area contributed by atoms with Crippen molar-refractivity contribution >= 4 is 33.2 Å². The van der Waals surface area contributed by atoms with Gasteiger partial charge in [0, 0.05) is 30.9 Å². The van der Waals surface area contributed by atoms with E-state index in [0.717, 1.165) is 4.31 Å². The number of nitrogens with one attached hydrogen (secondary N) is 2. The molecule has 1 heterocycles. The molecule has 10 heteroatoms. The first-order valence-electron chi connectivity index (χ1n) is 9.37. The fourth-order valence-electron chi connectivity index (χ4n) is 2.90. The average molecular weight is 433 g/mol. The fraction of sp³-hybridized carbons (Fsp3) is 0.300. The molecule has 0 aromatic heterocycles. The Hall–Kier alpha value is -3.11. The van der Waals surface area contributed by atoms with E-state index < -0.39 is 15.9 Å². The zero-order valence-corrected chi connectivity index (χ0v) is 17.5. The molecule has 1 aliphatic rings. The Morgan fingerprint density at radius 3 is 2.17 bits per heavy atom. The smallest absolute Gasteiger partial charge is 0.243 e. The molecule has 1 aliphatic heterocycles. The lowest BCUT2D eigenvalue weighted by molar-refractivity contribution is -0.116. The molecule has 3 rings (SSSR count). The van der Waals surface area contributed by atoms with Crippen molar-refractivity contribution in [1.29, 1.82) is 0 Å². The fourth-order valence-corrected chi connectivity index (χ4v) is 4.32. The van der Waals surface area contributed by atoms with Crippen LogP contribution in [0, 0.1) is 0 Å². The molecule has 0 saturated heterocycles. The molecule has 2 aromatic rings. The molecule has 2 N–H and O–H groups in total. The molecule has 0 aliphatic carbocycles.